The Morgan fingerprint density at radius 2 is 2.00 bits per heavy atom. The van der Waals surface area contributed by atoms with E-state index >= 15 is 0 Å². The van der Waals surface area contributed by atoms with Crippen LogP contribution in [-0.2, 0) is 9.59 Å². The second-order valence-corrected chi connectivity index (χ2v) is 8.33. The first-order valence-corrected chi connectivity index (χ1v) is 11.2. The number of carbonyl (C=O) groups is 2. The first-order valence-electron chi connectivity index (χ1n) is 10.1. The van der Waals surface area contributed by atoms with Crippen molar-refractivity contribution < 1.29 is 14.0 Å². The summed E-state index contributed by atoms with van der Waals surface area (Å²) in [4.78, 5) is 26.5. The zero-order valence-corrected chi connectivity index (χ0v) is 17.7. The molecule has 2 amide bonds. The van der Waals surface area contributed by atoms with E-state index in [0.717, 1.165) is 36.9 Å². The molecule has 1 aliphatic heterocycles. The molecule has 2 atom stereocenters. The third-order valence-electron chi connectivity index (χ3n) is 5.19. The van der Waals surface area contributed by atoms with E-state index in [2.05, 4.69) is 12.2 Å². The summed E-state index contributed by atoms with van der Waals surface area (Å²) >= 11 is 1.52. The van der Waals surface area contributed by atoms with E-state index in [-0.39, 0.29) is 28.9 Å². The van der Waals surface area contributed by atoms with Gasteiger partial charge < -0.3 is 5.32 Å². The van der Waals surface area contributed by atoms with Crippen LogP contribution in [0.4, 0.5) is 15.8 Å². The van der Waals surface area contributed by atoms with E-state index in [9.17, 15) is 14.0 Å². The molecule has 1 saturated heterocycles. The van der Waals surface area contributed by atoms with Crippen LogP contribution in [0.3, 0.4) is 0 Å². The molecule has 0 unspecified atom stereocenters. The highest BCUT2D eigenvalue weighted by Crippen LogP contribution is 2.42. The average Bonchev–Trinajstić information content (AvgIpc) is 3.10. The second-order valence-electron chi connectivity index (χ2n) is 7.27. The van der Waals surface area contributed by atoms with Crippen LogP contribution in [0.5, 0.6) is 0 Å². The molecule has 29 heavy (non-hydrogen) atoms. The van der Waals surface area contributed by atoms with E-state index in [1.807, 2.05) is 31.2 Å². The number of benzene rings is 2. The van der Waals surface area contributed by atoms with Gasteiger partial charge in [0.05, 0.1) is 5.75 Å². The van der Waals surface area contributed by atoms with Gasteiger partial charge in [-0.1, -0.05) is 44.9 Å². The number of nitrogens with one attached hydrogen (secondary N) is 1. The molecule has 1 heterocycles. The Morgan fingerprint density at radius 3 is 2.66 bits per heavy atom. The first kappa shape index (κ1) is 21.4. The molecule has 4 nitrogen and oxygen atoms in total. The number of halogens is 1. The Labute approximate surface area is 175 Å². The number of nitrogens with zero attached hydrogens (tertiary/aromatic N) is 1. The van der Waals surface area contributed by atoms with E-state index < -0.39 is 0 Å². The van der Waals surface area contributed by atoms with Crippen LogP contribution >= 0.6 is 11.8 Å². The van der Waals surface area contributed by atoms with Crippen LogP contribution in [0.1, 0.15) is 50.5 Å². The largest absolute Gasteiger partial charge is 0.326 e. The van der Waals surface area contributed by atoms with Gasteiger partial charge in [0, 0.05) is 17.3 Å². The molecule has 3 rings (SSSR count). The van der Waals surface area contributed by atoms with Gasteiger partial charge in [-0.15, -0.1) is 11.8 Å². The fraction of sp³-hybridized carbons (Fsp3) is 0.391. The maximum absolute atomic E-state index is 13.6. The molecule has 1 aliphatic rings. The van der Waals surface area contributed by atoms with Crippen LogP contribution in [0.15, 0.2) is 48.5 Å². The minimum Gasteiger partial charge on any atom is -0.326 e. The van der Waals surface area contributed by atoms with Crippen LogP contribution in [0.25, 0.3) is 0 Å². The highest BCUT2D eigenvalue weighted by Gasteiger charge is 2.34. The summed E-state index contributed by atoms with van der Waals surface area (Å²) in [6.45, 7) is 4.17. The highest BCUT2D eigenvalue weighted by molar-refractivity contribution is 8.00. The molecular weight excluding hydrogens is 387 g/mol. The van der Waals surface area contributed by atoms with Gasteiger partial charge in [-0.25, -0.2) is 4.39 Å². The van der Waals surface area contributed by atoms with E-state index in [1.165, 1.54) is 23.9 Å². The third kappa shape index (κ3) is 5.18. The fourth-order valence-corrected chi connectivity index (χ4v) is 4.70. The number of thioether (sulfide) groups is 1. The quantitative estimate of drug-likeness (QED) is 0.597. The molecule has 0 bridgehead atoms. The Morgan fingerprint density at radius 1 is 1.24 bits per heavy atom. The molecule has 2 aromatic rings. The molecule has 0 saturated carbocycles. The zero-order valence-electron chi connectivity index (χ0n) is 16.9. The predicted octanol–water partition coefficient (Wildman–Crippen LogP) is 5.76. The molecular formula is C23H27FN2O2S. The number of carbonyl (C=O) groups excluding carboxylic acids is 2. The maximum atomic E-state index is 13.6. The molecule has 6 heteroatoms. The summed E-state index contributed by atoms with van der Waals surface area (Å²) in [6, 6.07) is 13.7. The fourth-order valence-electron chi connectivity index (χ4n) is 3.52. The van der Waals surface area contributed by atoms with Crippen molar-refractivity contribution in [3.63, 3.8) is 0 Å². The lowest BCUT2D eigenvalue weighted by Crippen LogP contribution is -2.27. The Bertz CT molecular complexity index is 856. The summed E-state index contributed by atoms with van der Waals surface area (Å²) in [5, 5.41) is 2.80. The first-order chi connectivity index (χ1) is 14.0. The molecule has 2 aromatic carbocycles. The van der Waals surface area contributed by atoms with Crippen molar-refractivity contribution in [3.05, 3.63) is 59.9 Å². The van der Waals surface area contributed by atoms with Gasteiger partial charge in [-0.3, -0.25) is 14.5 Å². The minimum atomic E-state index is -0.363. The molecule has 154 valence electrons. The van der Waals surface area contributed by atoms with Crippen LogP contribution in [-0.4, -0.2) is 17.6 Å². The Balaban J connectivity index is 1.72. The normalized spacial score (nSPS) is 17.4. The number of hydrogen-bond acceptors (Lipinski definition) is 3. The minimum absolute atomic E-state index is 0.0288. The van der Waals surface area contributed by atoms with Crippen molar-refractivity contribution in [2.24, 2.45) is 5.92 Å². The summed E-state index contributed by atoms with van der Waals surface area (Å²) in [7, 11) is 0. The van der Waals surface area contributed by atoms with Gasteiger partial charge in [0.2, 0.25) is 11.8 Å². The number of hydrogen-bond donors (Lipinski definition) is 1. The van der Waals surface area contributed by atoms with Crippen molar-refractivity contribution in [3.8, 4) is 0 Å². The monoisotopic (exact) mass is 414 g/mol. The number of unbranched alkanes of at least 4 members (excludes halogenated alkanes) is 1. The Hall–Kier alpha value is -2.34. The van der Waals surface area contributed by atoms with Crippen molar-refractivity contribution in [1.82, 2.24) is 0 Å². The van der Waals surface area contributed by atoms with Gasteiger partial charge in [0.25, 0.3) is 0 Å². The molecule has 0 radical (unpaired) electrons. The maximum Gasteiger partial charge on any atom is 0.238 e. The van der Waals surface area contributed by atoms with Crippen molar-refractivity contribution in [1.29, 1.82) is 0 Å². The SMILES string of the molecule is CCCC[C@H](CC)C(=O)Nc1ccc([C@@H]2SCC(=O)N2c2cccc(F)c2)cc1. The summed E-state index contributed by atoms with van der Waals surface area (Å²) in [5.41, 5.74) is 2.26. The lowest BCUT2D eigenvalue weighted by atomic mass is 9.98. The lowest BCUT2D eigenvalue weighted by molar-refractivity contribution is -0.120. The predicted molar refractivity (Wildman–Crippen MR) is 117 cm³/mol. The van der Waals surface area contributed by atoms with E-state index in [1.54, 1.807) is 17.0 Å². The Kier molecular flexibility index (Phi) is 7.31. The topological polar surface area (TPSA) is 49.4 Å². The van der Waals surface area contributed by atoms with Crippen molar-refractivity contribution in [2.45, 2.75) is 44.9 Å². The average molecular weight is 415 g/mol. The van der Waals surface area contributed by atoms with Crippen LogP contribution < -0.4 is 10.2 Å². The number of anilines is 2. The molecule has 0 aromatic heterocycles. The van der Waals surface area contributed by atoms with Gasteiger partial charge in [0.1, 0.15) is 11.2 Å². The second kappa shape index (κ2) is 9.92. The van der Waals surface area contributed by atoms with Gasteiger partial charge >= 0.3 is 0 Å². The summed E-state index contributed by atoms with van der Waals surface area (Å²) in [6.07, 6.45) is 3.86. The van der Waals surface area contributed by atoms with Gasteiger partial charge in [-0.05, 0) is 48.7 Å². The van der Waals surface area contributed by atoms with E-state index in [0.29, 0.717) is 11.4 Å². The van der Waals surface area contributed by atoms with Crippen molar-refractivity contribution >= 4 is 35.0 Å². The van der Waals surface area contributed by atoms with Crippen LogP contribution in [0.2, 0.25) is 0 Å². The molecule has 1 fully saturated rings. The smallest absolute Gasteiger partial charge is 0.238 e. The number of amides is 2. The van der Waals surface area contributed by atoms with Crippen molar-refractivity contribution in [2.75, 3.05) is 16.0 Å². The molecule has 1 N–H and O–H groups in total. The lowest BCUT2D eigenvalue weighted by Gasteiger charge is -2.24. The van der Waals surface area contributed by atoms with Gasteiger partial charge in [0.15, 0.2) is 0 Å². The summed E-state index contributed by atoms with van der Waals surface area (Å²) in [5.74, 6) is 0.0406. The third-order valence-corrected chi connectivity index (χ3v) is 6.40. The molecule has 0 spiro atoms. The summed E-state index contributed by atoms with van der Waals surface area (Å²) < 4.78 is 13.6. The van der Waals surface area contributed by atoms with Gasteiger partial charge in [-0.2, -0.15) is 0 Å². The van der Waals surface area contributed by atoms with Crippen LogP contribution in [0, 0.1) is 11.7 Å². The number of rotatable bonds is 8. The highest BCUT2D eigenvalue weighted by atomic mass is 32.2. The zero-order chi connectivity index (χ0) is 20.8. The standard InChI is InChI=1S/C23H27FN2O2S/c1-3-5-7-16(4-2)22(28)25-19-12-10-17(11-13-19)23-26(21(27)15-29-23)20-9-6-8-18(24)14-20/h6,8-14,16,23H,3-5,7,15H2,1-2H3,(H,25,28)/t16-,23-/m0/s1. The van der Waals surface area contributed by atoms with E-state index in [4.69, 9.17) is 0 Å². The molecule has 0 aliphatic carbocycles.